The molecule has 128 valence electrons. The molecule has 0 radical (unpaired) electrons. The highest BCUT2D eigenvalue weighted by molar-refractivity contribution is 7.17. The van der Waals surface area contributed by atoms with Gasteiger partial charge in [0.15, 0.2) is 11.5 Å². The number of carbonyl (C=O) groups excluding carboxylic acids is 1. The summed E-state index contributed by atoms with van der Waals surface area (Å²) in [4.78, 5) is 17.7. The van der Waals surface area contributed by atoms with E-state index in [4.69, 9.17) is 9.47 Å². The summed E-state index contributed by atoms with van der Waals surface area (Å²) < 4.78 is 10.5. The second-order valence-corrected chi connectivity index (χ2v) is 6.32. The third kappa shape index (κ3) is 3.64. The lowest BCUT2D eigenvalue weighted by Gasteiger charge is -2.10. The zero-order valence-electron chi connectivity index (χ0n) is 14.2. The molecule has 1 amide bonds. The quantitative estimate of drug-likeness (QED) is 0.738. The van der Waals surface area contributed by atoms with Gasteiger partial charge in [-0.05, 0) is 19.1 Å². The van der Waals surface area contributed by atoms with Crippen molar-refractivity contribution in [2.75, 3.05) is 19.5 Å². The highest BCUT2D eigenvalue weighted by atomic mass is 32.1. The van der Waals surface area contributed by atoms with Crippen LogP contribution in [-0.2, 0) is 0 Å². The lowest BCUT2D eigenvalue weighted by molar-refractivity contribution is 0.103. The summed E-state index contributed by atoms with van der Waals surface area (Å²) in [5, 5.41) is 3.72. The van der Waals surface area contributed by atoms with Gasteiger partial charge in [-0.15, -0.1) is 11.3 Å². The van der Waals surface area contributed by atoms with E-state index in [0.717, 1.165) is 10.6 Å². The maximum Gasteiger partial charge on any atom is 0.267 e. The number of ether oxygens (including phenoxy) is 2. The van der Waals surface area contributed by atoms with Gasteiger partial charge in [0.1, 0.15) is 9.88 Å². The Bertz CT molecular complexity index is 891. The van der Waals surface area contributed by atoms with Gasteiger partial charge < -0.3 is 14.8 Å². The average molecular weight is 354 g/mol. The van der Waals surface area contributed by atoms with Gasteiger partial charge in [-0.1, -0.05) is 30.3 Å². The molecule has 3 aromatic rings. The number of nitrogens with zero attached hydrogens (tertiary/aromatic N) is 1. The van der Waals surface area contributed by atoms with Crippen molar-refractivity contribution in [3.8, 4) is 22.1 Å². The molecule has 1 aromatic heterocycles. The number of methoxy groups -OCH3 is 2. The fraction of sp³-hybridized carbons (Fsp3) is 0.158. The van der Waals surface area contributed by atoms with E-state index in [1.54, 1.807) is 32.4 Å². The number of rotatable bonds is 5. The molecule has 1 heterocycles. The van der Waals surface area contributed by atoms with E-state index in [9.17, 15) is 4.79 Å². The summed E-state index contributed by atoms with van der Waals surface area (Å²) in [6.07, 6.45) is 0. The van der Waals surface area contributed by atoms with Gasteiger partial charge in [0.2, 0.25) is 0 Å². The van der Waals surface area contributed by atoms with Gasteiger partial charge in [0, 0.05) is 17.3 Å². The number of hydrogen-bond acceptors (Lipinski definition) is 5. The van der Waals surface area contributed by atoms with Crippen LogP contribution in [0.2, 0.25) is 0 Å². The van der Waals surface area contributed by atoms with Crippen LogP contribution in [0, 0.1) is 6.92 Å². The van der Waals surface area contributed by atoms with Crippen molar-refractivity contribution in [1.82, 2.24) is 4.98 Å². The minimum atomic E-state index is -0.190. The first-order chi connectivity index (χ1) is 12.1. The van der Waals surface area contributed by atoms with Gasteiger partial charge in [0.25, 0.3) is 5.91 Å². The summed E-state index contributed by atoms with van der Waals surface area (Å²) in [5.74, 6) is 0.983. The lowest BCUT2D eigenvalue weighted by Crippen LogP contribution is -2.11. The number of benzene rings is 2. The van der Waals surface area contributed by atoms with Crippen molar-refractivity contribution >= 4 is 22.9 Å². The topological polar surface area (TPSA) is 60.5 Å². The van der Waals surface area contributed by atoms with Crippen molar-refractivity contribution < 1.29 is 14.3 Å². The third-order valence-corrected chi connectivity index (χ3v) is 4.87. The van der Waals surface area contributed by atoms with Crippen LogP contribution in [0.4, 0.5) is 5.69 Å². The Morgan fingerprint density at radius 2 is 1.76 bits per heavy atom. The maximum absolute atomic E-state index is 12.6. The molecule has 0 spiro atoms. The van der Waals surface area contributed by atoms with Crippen LogP contribution in [-0.4, -0.2) is 25.1 Å². The first-order valence-corrected chi connectivity index (χ1v) is 8.50. The van der Waals surface area contributed by atoms with Gasteiger partial charge in [-0.3, -0.25) is 4.79 Å². The van der Waals surface area contributed by atoms with E-state index < -0.39 is 0 Å². The van der Waals surface area contributed by atoms with E-state index in [-0.39, 0.29) is 5.91 Å². The first kappa shape index (κ1) is 17.0. The Hall–Kier alpha value is -2.86. The molecule has 0 saturated heterocycles. The smallest absolute Gasteiger partial charge is 0.267 e. The molecular formula is C19H18N2O3S. The molecule has 0 unspecified atom stereocenters. The molecule has 0 aliphatic heterocycles. The van der Waals surface area contributed by atoms with Crippen molar-refractivity contribution in [2.24, 2.45) is 0 Å². The predicted molar refractivity (Wildman–Crippen MR) is 99.8 cm³/mol. The second kappa shape index (κ2) is 7.36. The van der Waals surface area contributed by atoms with Gasteiger partial charge in [-0.25, -0.2) is 4.98 Å². The van der Waals surface area contributed by atoms with E-state index in [1.165, 1.54) is 11.3 Å². The minimum Gasteiger partial charge on any atom is -0.493 e. The SMILES string of the molecule is COc1ccc(NC(=O)c2sc(-c3ccccc3)nc2C)cc1OC. The Kier molecular flexibility index (Phi) is 5.00. The minimum absolute atomic E-state index is 0.190. The number of thiazole rings is 1. The number of aromatic nitrogens is 1. The Morgan fingerprint density at radius 3 is 2.44 bits per heavy atom. The Balaban J connectivity index is 1.83. The van der Waals surface area contributed by atoms with E-state index >= 15 is 0 Å². The standard InChI is InChI=1S/C19H18N2O3S/c1-12-17(25-19(20-12)13-7-5-4-6-8-13)18(22)21-14-9-10-15(23-2)16(11-14)24-3/h4-11H,1-3H3,(H,21,22). The van der Waals surface area contributed by atoms with E-state index in [1.807, 2.05) is 37.3 Å². The zero-order chi connectivity index (χ0) is 17.8. The van der Waals surface area contributed by atoms with Crippen molar-refractivity contribution in [3.05, 3.63) is 59.1 Å². The summed E-state index contributed by atoms with van der Waals surface area (Å²) in [6.45, 7) is 1.84. The molecule has 5 nitrogen and oxygen atoms in total. The van der Waals surface area contributed by atoms with Crippen LogP contribution in [0.5, 0.6) is 11.5 Å². The molecule has 1 N–H and O–H groups in total. The molecule has 0 saturated carbocycles. The van der Waals surface area contributed by atoms with Crippen LogP contribution in [0.15, 0.2) is 48.5 Å². The van der Waals surface area contributed by atoms with E-state index in [2.05, 4.69) is 10.3 Å². The molecule has 0 aliphatic carbocycles. The van der Waals surface area contributed by atoms with Crippen LogP contribution in [0.25, 0.3) is 10.6 Å². The summed E-state index contributed by atoms with van der Waals surface area (Å²) in [7, 11) is 3.13. The molecule has 0 bridgehead atoms. The molecule has 0 fully saturated rings. The largest absolute Gasteiger partial charge is 0.493 e. The fourth-order valence-electron chi connectivity index (χ4n) is 2.41. The number of carbonyl (C=O) groups is 1. The second-order valence-electron chi connectivity index (χ2n) is 5.32. The molecule has 2 aromatic carbocycles. The first-order valence-electron chi connectivity index (χ1n) is 7.68. The number of nitrogens with one attached hydrogen (secondary N) is 1. The predicted octanol–water partition coefficient (Wildman–Crippen LogP) is 4.39. The number of amides is 1. The molecule has 6 heteroatoms. The molecular weight excluding hydrogens is 336 g/mol. The fourth-order valence-corrected chi connectivity index (χ4v) is 3.38. The highest BCUT2D eigenvalue weighted by Crippen LogP contribution is 2.31. The Labute approximate surface area is 150 Å². The molecule has 0 aliphatic rings. The Morgan fingerprint density at radius 1 is 1.04 bits per heavy atom. The summed E-state index contributed by atoms with van der Waals surface area (Å²) >= 11 is 1.38. The van der Waals surface area contributed by atoms with Crippen molar-refractivity contribution in [3.63, 3.8) is 0 Å². The normalized spacial score (nSPS) is 10.4. The number of anilines is 1. The molecule has 0 atom stereocenters. The summed E-state index contributed by atoms with van der Waals surface area (Å²) in [5.41, 5.74) is 2.35. The number of hydrogen-bond donors (Lipinski definition) is 1. The molecule has 25 heavy (non-hydrogen) atoms. The van der Waals surface area contributed by atoms with Crippen LogP contribution in [0.1, 0.15) is 15.4 Å². The third-order valence-electron chi connectivity index (χ3n) is 3.66. The van der Waals surface area contributed by atoms with E-state index in [0.29, 0.717) is 27.8 Å². The molecule has 3 rings (SSSR count). The van der Waals surface area contributed by atoms with Gasteiger partial charge in [0.05, 0.1) is 19.9 Å². The van der Waals surface area contributed by atoms with Crippen LogP contribution in [0.3, 0.4) is 0 Å². The highest BCUT2D eigenvalue weighted by Gasteiger charge is 2.17. The van der Waals surface area contributed by atoms with Crippen molar-refractivity contribution in [2.45, 2.75) is 6.92 Å². The van der Waals surface area contributed by atoms with Gasteiger partial charge >= 0.3 is 0 Å². The summed E-state index contributed by atoms with van der Waals surface area (Å²) in [6, 6.07) is 15.1. The maximum atomic E-state index is 12.6. The lowest BCUT2D eigenvalue weighted by atomic mass is 10.2. The monoisotopic (exact) mass is 354 g/mol. The van der Waals surface area contributed by atoms with Crippen molar-refractivity contribution in [1.29, 1.82) is 0 Å². The zero-order valence-corrected chi connectivity index (χ0v) is 15.0. The van der Waals surface area contributed by atoms with Crippen LogP contribution < -0.4 is 14.8 Å². The number of aryl methyl sites for hydroxylation is 1. The average Bonchev–Trinajstić information content (AvgIpc) is 3.04. The van der Waals surface area contributed by atoms with Gasteiger partial charge in [-0.2, -0.15) is 0 Å². The van der Waals surface area contributed by atoms with Crippen LogP contribution >= 0.6 is 11.3 Å².